The standard InChI is InChI=1S/C33H35F3N6O2S/c1-21-6-5-7-22(2)29(21)42-24(4)18-19-45-32(42)39-31(43)38-23(3)8-9-25-10-12-26(13-11-25)30-37-20-41(40-30)27-14-16-28(17-15-27)44-33(34,35)36/h5-7,10-17,20,23-24H,8-9,18-19H2,1-4H3,(H,38,43). The van der Waals surface area contributed by atoms with Crippen molar-refractivity contribution in [3.63, 3.8) is 0 Å². The summed E-state index contributed by atoms with van der Waals surface area (Å²) in [5.41, 5.74) is 5.90. The molecule has 0 aliphatic carbocycles. The van der Waals surface area contributed by atoms with Gasteiger partial charge in [0.2, 0.25) is 0 Å². The first-order valence-electron chi connectivity index (χ1n) is 14.7. The van der Waals surface area contributed by atoms with Gasteiger partial charge in [0.25, 0.3) is 0 Å². The number of rotatable bonds is 8. The number of carbonyl (C=O) groups excluding carboxylic acids is 1. The first-order chi connectivity index (χ1) is 21.5. The lowest BCUT2D eigenvalue weighted by atomic mass is 10.0. The predicted octanol–water partition coefficient (Wildman–Crippen LogP) is 7.87. The lowest BCUT2D eigenvalue weighted by Gasteiger charge is -2.37. The molecule has 1 aliphatic heterocycles. The highest BCUT2D eigenvalue weighted by Gasteiger charge is 2.31. The normalized spacial score (nSPS) is 16.9. The summed E-state index contributed by atoms with van der Waals surface area (Å²) in [5, 5.41) is 8.22. The monoisotopic (exact) mass is 636 g/mol. The van der Waals surface area contributed by atoms with Crippen LogP contribution in [0.3, 0.4) is 0 Å². The first-order valence-corrected chi connectivity index (χ1v) is 15.7. The van der Waals surface area contributed by atoms with Gasteiger partial charge in [0.15, 0.2) is 11.0 Å². The number of nitrogens with one attached hydrogen (secondary N) is 1. The number of aromatic nitrogens is 3. The van der Waals surface area contributed by atoms with Crippen LogP contribution in [-0.4, -0.2) is 50.2 Å². The summed E-state index contributed by atoms with van der Waals surface area (Å²) < 4.78 is 42.7. The fourth-order valence-corrected chi connectivity index (χ4v) is 6.42. The molecule has 2 unspecified atom stereocenters. The van der Waals surface area contributed by atoms with Crippen molar-refractivity contribution in [2.24, 2.45) is 4.99 Å². The van der Waals surface area contributed by atoms with Crippen LogP contribution in [0.5, 0.6) is 5.75 Å². The number of hydrogen-bond acceptors (Lipinski definition) is 5. The molecule has 45 heavy (non-hydrogen) atoms. The molecule has 0 radical (unpaired) electrons. The van der Waals surface area contributed by atoms with Gasteiger partial charge in [0.05, 0.1) is 5.69 Å². The molecule has 12 heteroatoms. The van der Waals surface area contributed by atoms with Crippen molar-refractivity contribution < 1.29 is 22.7 Å². The van der Waals surface area contributed by atoms with Gasteiger partial charge in [0.1, 0.15) is 12.1 Å². The number of amidine groups is 1. The molecule has 5 rings (SSSR count). The van der Waals surface area contributed by atoms with Gasteiger partial charge in [-0.05, 0) is 87.9 Å². The van der Waals surface area contributed by atoms with E-state index in [9.17, 15) is 18.0 Å². The van der Waals surface area contributed by atoms with E-state index in [2.05, 4.69) is 62.9 Å². The van der Waals surface area contributed by atoms with Crippen molar-refractivity contribution in [2.45, 2.75) is 65.4 Å². The summed E-state index contributed by atoms with van der Waals surface area (Å²) in [6.07, 6.45) is -0.728. The molecule has 1 fully saturated rings. The second kappa shape index (κ2) is 13.8. The maximum atomic E-state index is 13.0. The lowest BCUT2D eigenvalue weighted by Crippen LogP contribution is -2.43. The Morgan fingerprint density at radius 1 is 1.09 bits per heavy atom. The third-order valence-corrected chi connectivity index (χ3v) is 8.55. The number of alkyl halides is 3. The minimum Gasteiger partial charge on any atom is -0.406 e. The van der Waals surface area contributed by atoms with E-state index in [4.69, 9.17) is 0 Å². The summed E-state index contributed by atoms with van der Waals surface area (Å²) in [6.45, 7) is 8.33. The Labute approximate surface area is 264 Å². The van der Waals surface area contributed by atoms with E-state index in [0.29, 0.717) is 11.5 Å². The average Bonchev–Trinajstić information content (AvgIpc) is 3.47. The molecule has 8 nitrogen and oxygen atoms in total. The molecule has 0 saturated carbocycles. The summed E-state index contributed by atoms with van der Waals surface area (Å²) in [7, 11) is 0. The molecule has 0 spiro atoms. The maximum absolute atomic E-state index is 13.0. The highest BCUT2D eigenvalue weighted by Crippen LogP contribution is 2.34. The van der Waals surface area contributed by atoms with Crippen molar-refractivity contribution in [3.05, 3.63) is 89.7 Å². The molecule has 1 aliphatic rings. The largest absolute Gasteiger partial charge is 0.573 e. The zero-order chi connectivity index (χ0) is 32.1. The average molecular weight is 637 g/mol. The Morgan fingerprint density at radius 3 is 2.44 bits per heavy atom. The van der Waals surface area contributed by atoms with Crippen molar-refractivity contribution >= 4 is 28.6 Å². The Hall–Kier alpha value is -4.32. The molecule has 2 heterocycles. The van der Waals surface area contributed by atoms with Gasteiger partial charge in [0, 0.05) is 29.1 Å². The van der Waals surface area contributed by atoms with Crippen LogP contribution in [0.2, 0.25) is 0 Å². The molecule has 3 aromatic carbocycles. The summed E-state index contributed by atoms with van der Waals surface area (Å²) in [4.78, 5) is 24.0. The number of para-hydroxylation sites is 1. The van der Waals surface area contributed by atoms with Crippen LogP contribution in [0.25, 0.3) is 17.1 Å². The van der Waals surface area contributed by atoms with E-state index in [-0.39, 0.29) is 23.9 Å². The van der Waals surface area contributed by atoms with Crippen molar-refractivity contribution in [1.29, 1.82) is 0 Å². The van der Waals surface area contributed by atoms with E-state index in [0.717, 1.165) is 58.1 Å². The van der Waals surface area contributed by atoms with Crippen LogP contribution >= 0.6 is 11.8 Å². The Morgan fingerprint density at radius 2 is 1.78 bits per heavy atom. The van der Waals surface area contributed by atoms with Crippen molar-refractivity contribution in [2.75, 3.05) is 10.7 Å². The number of benzene rings is 3. The van der Waals surface area contributed by atoms with E-state index in [1.54, 1.807) is 11.8 Å². The lowest BCUT2D eigenvalue weighted by molar-refractivity contribution is -0.274. The Balaban J connectivity index is 1.16. The van der Waals surface area contributed by atoms with Crippen LogP contribution in [0.1, 0.15) is 43.4 Å². The molecule has 2 atom stereocenters. The molecule has 1 saturated heterocycles. The number of anilines is 1. The van der Waals surface area contributed by atoms with E-state index in [1.807, 2.05) is 37.3 Å². The zero-order valence-electron chi connectivity index (χ0n) is 25.5. The van der Waals surface area contributed by atoms with Crippen LogP contribution in [0, 0.1) is 13.8 Å². The Bertz CT molecular complexity index is 1630. The fourth-order valence-electron chi connectivity index (χ4n) is 5.22. The molecule has 4 aromatic rings. The van der Waals surface area contributed by atoms with Crippen LogP contribution in [0.4, 0.5) is 23.7 Å². The van der Waals surface area contributed by atoms with Crippen LogP contribution < -0.4 is 15.0 Å². The molecule has 2 amide bonds. The molecule has 1 aromatic heterocycles. The second-order valence-corrected chi connectivity index (χ2v) is 12.2. The first kappa shape index (κ1) is 32.1. The zero-order valence-corrected chi connectivity index (χ0v) is 26.3. The number of ether oxygens (including phenoxy) is 1. The molecular formula is C33H35F3N6O2S. The topological polar surface area (TPSA) is 84.6 Å². The number of carbonyl (C=O) groups is 1. The third kappa shape index (κ3) is 8.24. The molecular weight excluding hydrogens is 601 g/mol. The van der Waals surface area contributed by atoms with Gasteiger partial charge in [-0.1, -0.05) is 54.2 Å². The van der Waals surface area contributed by atoms with Crippen LogP contribution in [-0.2, 0) is 6.42 Å². The van der Waals surface area contributed by atoms with Crippen molar-refractivity contribution in [3.8, 4) is 22.8 Å². The smallest absolute Gasteiger partial charge is 0.406 e. The van der Waals surface area contributed by atoms with E-state index < -0.39 is 6.36 Å². The number of amides is 2. The number of aryl methyl sites for hydroxylation is 3. The highest BCUT2D eigenvalue weighted by atomic mass is 32.2. The SMILES string of the molecule is Cc1cccc(C)c1N1C(=NC(=O)NC(C)CCc2ccc(-c3ncn(-c4ccc(OC(F)(F)F)cc4)n3)cc2)SCCC1C. The van der Waals surface area contributed by atoms with Crippen molar-refractivity contribution in [1.82, 2.24) is 20.1 Å². The predicted molar refractivity (Wildman–Crippen MR) is 172 cm³/mol. The van der Waals surface area contributed by atoms with Gasteiger partial charge in [-0.15, -0.1) is 18.3 Å². The number of urea groups is 1. The van der Waals surface area contributed by atoms with Gasteiger partial charge >= 0.3 is 12.4 Å². The van der Waals surface area contributed by atoms with Gasteiger partial charge < -0.3 is 15.0 Å². The highest BCUT2D eigenvalue weighted by molar-refractivity contribution is 8.14. The number of aliphatic imine (C=N–C) groups is 1. The van der Waals surface area contributed by atoms with E-state index >= 15 is 0 Å². The molecule has 1 N–H and O–H groups in total. The minimum absolute atomic E-state index is 0.0773. The summed E-state index contributed by atoms with van der Waals surface area (Å²) in [6, 6.07) is 19.3. The van der Waals surface area contributed by atoms with Crippen LogP contribution in [0.15, 0.2) is 78.0 Å². The van der Waals surface area contributed by atoms with Gasteiger partial charge in [-0.3, -0.25) is 0 Å². The number of hydrogen-bond donors (Lipinski definition) is 1. The minimum atomic E-state index is -4.74. The maximum Gasteiger partial charge on any atom is 0.573 e. The number of nitrogens with zero attached hydrogens (tertiary/aromatic N) is 5. The van der Waals surface area contributed by atoms with Gasteiger partial charge in [-0.25, -0.2) is 14.5 Å². The fraction of sp³-hybridized carbons (Fsp3) is 0.333. The summed E-state index contributed by atoms with van der Waals surface area (Å²) >= 11 is 1.62. The van der Waals surface area contributed by atoms with Gasteiger partial charge in [-0.2, -0.15) is 4.99 Å². The molecule has 236 valence electrons. The summed E-state index contributed by atoms with van der Waals surface area (Å²) in [5.74, 6) is 1.10. The molecule has 0 bridgehead atoms. The van der Waals surface area contributed by atoms with E-state index in [1.165, 1.54) is 35.3 Å². The number of halogens is 3. The number of thioether (sulfide) groups is 1. The third-order valence-electron chi connectivity index (χ3n) is 7.57. The quantitative estimate of drug-likeness (QED) is 0.212. The second-order valence-electron chi connectivity index (χ2n) is 11.1. The Kier molecular flexibility index (Phi) is 9.81.